The van der Waals surface area contributed by atoms with Gasteiger partial charge in [-0.25, -0.2) is 4.79 Å². The first-order valence-electron chi connectivity index (χ1n) is 8.12. The second-order valence-corrected chi connectivity index (χ2v) is 6.11. The van der Waals surface area contributed by atoms with Crippen molar-refractivity contribution in [3.8, 4) is 5.75 Å². The van der Waals surface area contributed by atoms with Gasteiger partial charge in [-0.3, -0.25) is 4.79 Å². The molecule has 0 bridgehead atoms. The first-order valence-corrected chi connectivity index (χ1v) is 8.12. The minimum Gasteiger partial charge on any atom is -0.497 e. The van der Waals surface area contributed by atoms with Gasteiger partial charge in [0, 0.05) is 6.42 Å². The molecule has 2 N–H and O–H groups in total. The van der Waals surface area contributed by atoms with Crippen molar-refractivity contribution < 1.29 is 19.4 Å². The third-order valence-corrected chi connectivity index (χ3v) is 3.92. The summed E-state index contributed by atoms with van der Waals surface area (Å²) in [5.41, 5.74) is 3.88. The van der Waals surface area contributed by atoms with Gasteiger partial charge in [-0.2, -0.15) is 0 Å². The first-order chi connectivity index (χ1) is 11.9. The molecule has 0 aliphatic rings. The molecule has 0 saturated carbocycles. The first kappa shape index (κ1) is 18.5. The third kappa shape index (κ3) is 5.35. The summed E-state index contributed by atoms with van der Waals surface area (Å²) >= 11 is 0. The molecule has 0 heterocycles. The lowest BCUT2D eigenvalue weighted by Crippen LogP contribution is -2.33. The van der Waals surface area contributed by atoms with Crippen molar-refractivity contribution in [2.45, 2.75) is 32.7 Å². The van der Waals surface area contributed by atoms with E-state index in [4.69, 9.17) is 4.74 Å². The molecule has 0 spiro atoms. The number of amides is 1. The fourth-order valence-corrected chi connectivity index (χ4v) is 2.79. The molecule has 2 rings (SSSR count). The topological polar surface area (TPSA) is 75.6 Å². The van der Waals surface area contributed by atoms with Gasteiger partial charge in [0.2, 0.25) is 5.91 Å². The number of rotatable bonds is 7. The highest BCUT2D eigenvalue weighted by Crippen LogP contribution is 2.18. The van der Waals surface area contributed by atoms with Gasteiger partial charge in [-0.05, 0) is 43.5 Å². The molecule has 0 aliphatic heterocycles. The van der Waals surface area contributed by atoms with Crippen LogP contribution >= 0.6 is 0 Å². The standard InChI is InChI=1S/C20H23NO4/c1-13-10-14(2)12-15(11-13)4-9-18(22)21-19(20(23)24)16-5-7-17(25-3)8-6-16/h5-8,10-12,19H,4,9H2,1-3H3,(H,21,22)(H,23,24). The molecule has 2 aromatic carbocycles. The Labute approximate surface area is 147 Å². The lowest BCUT2D eigenvalue weighted by molar-refractivity contribution is -0.142. The van der Waals surface area contributed by atoms with Crippen molar-refractivity contribution >= 4 is 11.9 Å². The monoisotopic (exact) mass is 341 g/mol. The molecule has 1 atom stereocenters. The van der Waals surface area contributed by atoms with Crippen molar-refractivity contribution in [3.05, 3.63) is 64.7 Å². The quantitative estimate of drug-likeness (QED) is 0.811. The zero-order chi connectivity index (χ0) is 18.4. The summed E-state index contributed by atoms with van der Waals surface area (Å²) in [5.74, 6) is -0.749. The highest BCUT2D eigenvalue weighted by molar-refractivity contribution is 5.84. The minimum absolute atomic E-state index is 0.239. The van der Waals surface area contributed by atoms with Crippen LogP contribution in [-0.4, -0.2) is 24.1 Å². The largest absolute Gasteiger partial charge is 0.497 e. The average molecular weight is 341 g/mol. The molecule has 0 fully saturated rings. The summed E-state index contributed by atoms with van der Waals surface area (Å²) in [7, 11) is 1.54. The molecular weight excluding hydrogens is 318 g/mol. The van der Waals surface area contributed by atoms with Crippen LogP contribution < -0.4 is 10.1 Å². The number of nitrogens with one attached hydrogen (secondary N) is 1. The number of methoxy groups -OCH3 is 1. The van der Waals surface area contributed by atoms with Gasteiger partial charge in [-0.1, -0.05) is 41.5 Å². The molecule has 0 aliphatic carbocycles. The second-order valence-electron chi connectivity index (χ2n) is 6.11. The van der Waals surface area contributed by atoms with Crippen LogP contribution in [0.4, 0.5) is 0 Å². The van der Waals surface area contributed by atoms with Crippen molar-refractivity contribution in [2.24, 2.45) is 0 Å². The van der Waals surface area contributed by atoms with Gasteiger partial charge in [0.15, 0.2) is 6.04 Å². The van der Waals surface area contributed by atoms with E-state index in [-0.39, 0.29) is 12.3 Å². The Balaban J connectivity index is 2.01. The molecule has 5 nitrogen and oxygen atoms in total. The van der Waals surface area contributed by atoms with Gasteiger partial charge in [0.05, 0.1) is 7.11 Å². The van der Waals surface area contributed by atoms with Crippen LogP contribution in [0.5, 0.6) is 5.75 Å². The van der Waals surface area contributed by atoms with Crippen LogP contribution in [0, 0.1) is 13.8 Å². The average Bonchev–Trinajstić information content (AvgIpc) is 2.57. The van der Waals surface area contributed by atoms with E-state index >= 15 is 0 Å². The maximum Gasteiger partial charge on any atom is 0.330 e. The van der Waals surface area contributed by atoms with E-state index < -0.39 is 12.0 Å². The van der Waals surface area contributed by atoms with E-state index in [1.54, 1.807) is 31.4 Å². The Morgan fingerprint density at radius 1 is 1.08 bits per heavy atom. The number of hydrogen-bond donors (Lipinski definition) is 2. The van der Waals surface area contributed by atoms with E-state index in [0.717, 1.165) is 16.7 Å². The number of benzene rings is 2. The van der Waals surface area contributed by atoms with E-state index in [1.807, 2.05) is 26.0 Å². The van der Waals surface area contributed by atoms with Crippen molar-refractivity contribution in [3.63, 3.8) is 0 Å². The minimum atomic E-state index is -1.09. The molecular formula is C20H23NO4. The van der Waals surface area contributed by atoms with Gasteiger partial charge in [0.25, 0.3) is 0 Å². The fraction of sp³-hybridized carbons (Fsp3) is 0.300. The van der Waals surface area contributed by atoms with E-state index in [0.29, 0.717) is 17.7 Å². The zero-order valence-electron chi connectivity index (χ0n) is 14.7. The van der Waals surface area contributed by atoms with Crippen molar-refractivity contribution in [1.82, 2.24) is 5.32 Å². The number of aliphatic carboxylic acids is 1. The molecule has 132 valence electrons. The Morgan fingerprint density at radius 2 is 1.68 bits per heavy atom. The normalized spacial score (nSPS) is 11.6. The summed E-state index contributed by atoms with van der Waals surface area (Å²) in [5, 5.41) is 12.0. The number of carbonyl (C=O) groups excluding carboxylic acids is 1. The Morgan fingerprint density at radius 3 is 2.20 bits per heavy atom. The number of carboxylic acid groups (broad SMARTS) is 1. The van der Waals surface area contributed by atoms with Gasteiger partial charge in [0.1, 0.15) is 5.75 Å². The van der Waals surface area contributed by atoms with Crippen LogP contribution in [0.15, 0.2) is 42.5 Å². The van der Waals surface area contributed by atoms with E-state index in [1.165, 1.54) is 0 Å². The van der Waals surface area contributed by atoms with Crippen LogP contribution in [0.2, 0.25) is 0 Å². The summed E-state index contributed by atoms with van der Waals surface area (Å²) in [6.07, 6.45) is 0.812. The van der Waals surface area contributed by atoms with Gasteiger partial charge < -0.3 is 15.2 Å². The maximum absolute atomic E-state index is 12.2. The summed E-state index contributed by atoms with van der Waals surface area (Å²) in [6.45, 7) is 4.03. The van der Waals surface area contributed by atoms with Crippen LogP contribution in [0.3, 0.4) is 0 Å². The lowest BCUT2D eigenvalue weighted by atomic mass is 10.0. The molecule has 1 unspecified atom stereocenters. The number of aryl methyl sites for hydroxylation is 3. The summed E-state index contributed by atoms with van der Waals surface area (Å²) in [6, 6.07) is 11.7. The number of hydrogen-bond acceptors (Lipinski definition) is 3. The molecule has 0 radical (unpaired) electrons. The number of carbonyl (C=O) groups is 2. The predicted molar refractivity (Wildman–Crippen MR) is 95.8 cm³/mol. The zero-order valence-corrected chi connectivity index (χ0v) is 14.7. The highest BCUT2D eigenvalue weighted by Gasteiger charge is 2.21. The smallest absolute Gasteiger partial charge is 0.330 e. The Bertz CT molecular complexity index is 733. The molecule has 0 aromatic heterocycles. The Kier molecular flexibility index (Phi) is 6.17. The van der Waals surface area contributed by atoms with E-state index in [2.05, 4.69) is 11.4 Å². The fourth-order valence-electron chi connectivity index (χ4n) is 2.79. The third-order valence-electron chi connectivity index (χ3n) is 3.92. The highest BCUT2D eigenvalue weighted by atomic mass is 16.5. The SMILES string of the molecule is COc1ccc(C(NC(=O)CCc2cc(C)cc(C)c2)C(=O)O)cc1. The van der Waals surface area contributed by atoms with Crippen LogP contribution in [-0.2, 0) is 16.0 Å². The lowest BCUT2D eigenvalue weighted by Gasteiger charge is -2.15. The molecule has 0 saturated heterocycles. The maximum atomic E-state index is 12.2. The summed E-state index contributed by atoms with van der Waals surface area (Å²) in [4.78, 5) is 23.7. The van der Waals surface area contributed by atoms with E-state index in [9.17, 15) is 14.7 Å². The predicted octanol–water partition coefficient (Wildman–Crippen LogP) is 3.19. The number of carboxylic acids is 1. The molecule has 2 aromatic rings. The van der Waals surface area contributed by atoms with Gasteiger partial charge >= 0.3 is 5.97 Å². The molecule has 25 heavy (non-hydrogen) atoms. The number of ether oxygens (including phenoxy) is 1. The van der Waals surface area contributed by atoms with Crippen LogP contribution in [0.25, 0.3) is 0 Å². The molecule has 5 heteroatoms. The Hall–Kier alpha value is -2.82. The van der Waals surface area contributed by atoms with Gasteiger partial charge in [-0.15, -0.1) is 0 Å². The molecule has 1 amide bonds. The summed E-state index contributed by atoms with van der Waals surface area (Å²) < 4.78 is 5.06. The second kappa shape index (κ2) is 8.33. The van der Waals surface area contributed by atoms with Crippen molar-refractivity contribution in [1.29, 1.82) is 0 Å². The van der Waals surface area contributed by atoms with Crippen LogP contribution in [0.1, 0.15) is 34.7 Å². The van der Waals surface area contributed by atoms with Crippen molar-refractivity contribution in [2.75, 3.05) is 7.11 Å².